The minimum Gasteiger partial charge on any atom is -0.476 e. The Kier molecular flexibility index (Phi) is 2.55. The molecule has 0 fully saturated rings. The van der Waals surface area contributed by atoms with Gasteiger partial charge in [0, 0.05) is 16.2 Å². The van der Waals surface area contributed by atoms with Crippen LogP contribution in [0.5, 0.6) is 0 Å². The Morgan fingerprint density at radius 1 is 1.40 bits per heavy atom. The van der Waals surface area contributed by atoms with Crippen LogP contribution in [0, 0.1) is 0 Å². The van der Waals surface area contributed by atoms with Crippen molar-refractivity contribution in [1.29, 1.82) is 0 Å². The lowest BCUT2D eigenvalue weighted by atomic mass is 10.2. The van der Waals surface area contributed by atoms with Gasteiger partial charge in [-0.1, -0.05) is 34.1 Å². The normalized spacial score (nSPS) is 10.2. The van der Waals surface area contributed by atoms with E-state index in [0.29, 0.717) is 5.82 Å². The van der Waals surface area contributed by atoms with Gasteiger partial charge in [0.05, 0.1) is 0 Å². The van der Waals surface area contributed by atoms with Crippen LogP contribution in [-0.2, 0) is 0 Å². The average molecular weight is 267 g/mol. The maximum Gasteiger partial charge on any atom is 0.356 e. The highest BCUT2D eigenvalue weighted by Crippen LogP contribution is 2.25. The average Bonchev–Trinajstić information content (AvgIpc) is 2.67. The third-order valence-corrected chi connectivity index (χ3v) is 2.62. The number of imidazole rings is 1. The molecule has 15 heavy (non-hydrogen) atoms. The number of aromatic carboxylic acids is 1. The molecule has 1 aromatic carbocycles. The molecule has 76 valence electrons. The molecule has 0 saturated carbocycles. The fourth-order valence-electron chi connectivity index (χ4n) is 1.22. The second kappa shape index (κ2) is 3.86. The Hall–Kier alpha value is -1.62. The number of hydrogen-bond donors (Lipinski definition) is 2. The summed E-state index contributed by atoms with van der Waals surface area (Å²) in [5, 5.41) is 8.72. The zero-order valence-corrected chi connectivity index (χ0v) is 9.15. The molecule has 0 radical (unpaired) electrons. The molecule has 0 aliphatic heterocycles. The Balaban J connectivity index is 2.46. The number of carbonyl (C=O) groups is 1. The van der Waals surface area contributed by atoms with E-state index in [1.807, 2.05) is 24.3 Å². The number of carboxylic acid groups (broad SMARTS) is 1. The molecule has 4 nitrogen and oxygen atoms in total. The molecule has 0 aliphatic carbocycles. The quantitative estimate of drug-likeness (QED) is 0.878. The first kappa shape index (κ1) is 9.92. The number of rotatable bonds is 2. The zero-order valence-electron chi connectivity index (χ0n) is 7.57. The van der Waals surface area contributed by atoms with E-state index in [4.69, 9.17) is 5.11 Å². The summed E-state index contributed by atoms with van der Waals surface area (Å²) in [6, 6.07) is 7.48. The van der Waals surface area contributed by atoms with Crippen LogP contribution in [0.3, 0.4) is 0 Å². The molecule has 0 saturated heterocycles. The van der Waals surface area contributed by atoms with Crippen molar-refractivity contribution in [2.45, 2.75) is 0 Å². The lowest BCUT2D eigenvalue weighted by molar-refractivity contribution is 0.0691. The Bertz CT molecular complexity index is 508. The van der Waals surface area contributed by atoms with Gasteiger partial charge in [-0.2, -0.15) is 0 Å². The van der Waals surface area contributed by atoms with Crippen LogP contribution in [0.15, 0.2) is 34.9 Å². The topological polar surface area (TPSA) is 66.0 Å². The van der Waals surface area contributed by atoms with Crippen LogP contribution in [-0.4, -0.2) is 21.0 Å². The monoisotopic (exact) mass is 266 g/mol. The fourth-order valence-corrected chi connectivity index (χ4v) is 1.70. The summed E-state index contributed by atoms with van der Waals surface area (Å²) in [4.78, 5) is 17.4. The summed E-state index contributed by atoms with van der Waals surface area (Å²) in [6.07, 6.45) is 1.37. The SMILES string of the molecule is O=C(O)c1c[nH]c(-c2ccccc2Br)n1. The first-order valence-corrected chi connectivity index (χ1v) is 5.01. The lowest BCUT2D eigenvalue weighted by Crippen LogP contribution is -1.95. The molecule has 5 heteroatoms. The summed E-state index contributed by atoms with van der Waals surface area (Å²) in [7, 11) is 0. The molecule has 2 N–H and O–H groups in total. The van der Waals surface area contributed by atoms with Crippen molar-refractivity contribution in [2.75, 3.05) is 0 Å². The molecule has 1 heterocycles. The maximum atomic E-state index is 10.6. The van der Waals surface area contributed by atoms with E-state index < -0.39 is 5.97 Å². The fraction of sp³-hybridized carbons (Fsp3) is 0. The first-order valence-electron chi connectivity index (χ1n) is 4.22. The summed E-state index contributed by atoms with van der Waals surface area (Å²) in [5.41, 5.74) is 0.853. The number of nitrogens with one attached hydrogen (secondary N) is 1. The predicted octanol–water partition coefficient (Wildman–Crippen LogP) is 2.54. The lowest BCUT2D eigenvalue weighted by Gasteiger charge is -1.98. The predicted molar refractivity (Wildman–Crippen MR) is 58.7 cm³/mol. The molecular weight excluding hydrogens is 260 g/mol. The van der Waals surface area contributed by atoms with Crippen molar-refractivity contribution in [3.05, 3.63) is 40.6 Å². The van der Waals surface area contributed by atoms with Crippen molar-refractivity contribution < 1.29 is 9.90 Å². The Morgan fingerprint density at radius 2 is 2.13 bits per heavy atom. The summed E-state index contributed by atoms with van der Waals surface area (Å²) in [6.45, 7) is 0. The molecule has 0 spiro atoms. The van der Waals surface area contributed by atoms with Gasteiger partial charge in [-0.25, -0.2) is 9.78 Å². The third kappa shape index (κ3) is 1.92. The molecule has 2 rings (SSSR count). The van der Waals surface area contributed by atoms with Crippen LogP contribution >= 0.6 is 15.9 Å². The smallest absolute Gasteiger partial charge is 0.356 e. The minimum atomic E-state index is -1.04. The van der Waals surface area contributed by atoms with Gasteiger partial charge in [-0.05, 0) is 6.07 Å². The molecule has 2 aromatic rings. The second-order valence-corrected chi connectivity index (χ2v) is 3.77. The van der Waals surface area contributed by atoms with Gasteiger partial charge in [0.15, 0.2) is 5.69 Å². The molecule has 0 amide bonds. The number of carboxylic acids is 1. The van der Waals surface area contributed by atoms with E-state index in [2.05, 4.69) is 25.9 Å². The van der Waals surface area contributed by atoms with Crippen LogP contribution in [0.2, 0.25) is 0 Å². The van der Waals surface area contributed by atoms with Crippen LogP contribution in [0.1, 0.15) is 10.5 Å². The number of hydrogen-bond acceptors (Lipinski definition) is 2. The van der Waals surface area contributed by atoms with Crippen molar-refractivity contribution in [3.63, 3.8) is 0 Å². The van der Waals surface area contributed by atoms with Crippen LogP contribution < -0.4 is 0 Å². The first-order chi connectivity index (χ1) is 7.18. The van der Waals surface area contributed by atoms with Crippen molar-refractivity contribution >= 4 is 21.9 Å². The standard InChI is InChI=1S/C10H7BrN2O2/c11-7-4-2-1-3-6(7)9-12-5-8(13-9)10(14)15/h1-5H,(H,12,13)(H,14,15). The number of H-pyrrole nitrogens is 1. The highest BCUT2D eigenvalue weighted by molar-refractivity contribution is 9.10. The molecule has 1 aromatic heterocycles. The van der Waals surface area contributed by atoms with Crippen molar-refractivity contribution in [2.24, 2.45) is 0 Å². The van der Waals surface area contributed by atoms with E-state index in [-0.39, 0.29) is 5.69 Å². The summed E-state index contributed by atoms with van der Waals surface area (Å²) in [5.74, 6) is -0.496. The number of benzene rings is 1. The second-order valence-electron chi connectivity index (χ2n) is 2.92. The van der Waals surface area contributed by atoms with Gasteiger partial charge in [0.2, 0.25) is 0 Å². The molecule has 0 unspecified atom stereocenters. The number of nitrogens with zero attached hydrogens (tertiary/aromatic N) is 1. The van der Waals surface area contributed by atoms with Crippen LogP contribution in [0.4, 0.5) is 0 Å². The zero-order chi connectivity index (χ0) is 10.8. The van der Waals surface area contributed by atoms with E-state index >= 15 is 0 Å². The van der Waals surface area contributed by atoms with Crippen molar-refractivity contribution in [1.82, 2.24) is 9.97 Å². The van der Waals surface area contributed by atoms with E-state index in [0.717, 1.165) is 10.0 Å². The van der Waals surface area contributed by atoms with Gasteiger partial charge in [-0.3, -0.25) is 0 Å². The minimum absolute atomic E-state index is 0.0146. The van der Waals surface area contributed by atoms with Crippen molar-refractivity contribution in [3.8, 4) is 11.4 Å². The molecule has 0 atom stereocenters. The maximum absolute atomic E-state index is 10.6. The van der Waals surface area contributed by atoms with Gasteiger partial charge >= 0.3 is 5.97 Å². The summed E-state index contributed by atoms with van der Waals surface area (Å²) >= 11 is 3.37. The van der Waals surface area contributed by atoms with E-state index in [1.165, 1.54) is 6.20 Å². The van der Waals surface area contributed by atoms with E-state index in [1.54, 1.807) is 0 Å². The van der Waals surface area contributed by atoms with E-state index in [9.17, 15) is 4.79 Å². The number of aromatic nitrogens is 2. The third-order valence-electron chi connectivity index (χ3n) is 1.93. The molecular formula is C10H7BrN2O2. The molecule has 0 aliphatic rings. The van der Waals surface area contributed by atoms with Gasteiger partial charge in [0.25, 0.3) is 0 Å². The Morgan fingerprint density at radius 3 is 2.73 bits per heavy atom. The van der Waals surface area contributed by atoms with Gasteiger partial charge in [-0.15, -0.1) is 0 Å². The molecule has 0 bridgehead atoms. The largest absolute Gasteiger partial charge is 0.476 e. The summed E-state index contributed by atoms with van der Waals surface area (Å²) < 4.78 is 0.872. The number of aromatic amines is 1. The highest BCUT2D eigenvalue weighted by Gasteiger charge is 2.10. The highest BCUT2D eigenvalue weighted by atomic mass is 79.9. The number of halogens is 1. The Labute approximate surface area is 94.1 Å². The van der Waals surface area contributed by atoms with Gasteiger partial charge < -0.3 is 10.1 Å². The van der Waals surface area contributed by atoms with Crippen LogP contribution in [0.25, 0.3) is 11.4 Å². The van der Waals surface area contributed by atoms with Gasteiger partial charge in [0.1, 0.15) is 5.82 Å².